The fourth-order valence-corrected chi connectivity index (χ4v) is 2.05. The summed E-state index contributed by atoms with van der Waals surface area (Å²) in [6.45, 7) is 1.52. The Labute approximate surface area is 126 Å². The lowest BCUT2D eigenvalue weighted by Gasteiger charge is -2.28. The largest absolute Gasteiger partial charge is 0.411 e. The lowest BCUT2D eigenvalue weighted by molar-refractivity contribution is 0.421. The van der Waals surface area contributed by atoms with E-state index in [0.717, 1.165) is 13.1 Å². The fraction of sp³-hybridized carbons (Fsp3) is 0.125. The van der Waals surface area contributed by atoms with Crippen LogP contribution in [0.1, 0.15) is 11.1 Å². The van der Waals surface area contributed by atoms with E-state index in [1.807, 2.05) is 41.3 Å². The first-order chi connectivity index (χ1) is 8.75. The minimum atomic E-state index is 0. The Balaban J connectivity index is 0.00000180. The van der Waals surface area contributed by atoms with Crippen LogP contribution in [0, 0.1) is 7.43 Å². The summed E-state index contributed by atoms with van der Waals surface area (Å²) in [5.41, 5.74) is 2.45. The Hall–Kier alpha value is -1.58. The minimum Gasteiger partial charge on any atom is -0.411 e. The van der Waals surface area contributed by atoms with Gasteiger partial charge in [-0.05, 0) is 11.1 Å². The maximum Gasteiger partial charge on any atom is 0.0467 e. The van der Waals surface area contributed by atoms with Gasteiger partial charge in [0.1, 0.15) is 0 Å². The lowest BCUT2D eigenvalue weighted by Crippen LogP contribution is -2.26. The van der Waals surface area contributed by atoms with Gasteiger partial charge in [-0.3, -0.25) is 0 Å². The second-order valence-corrected chi connectivity index (χ2v) is 5.12. The molecule has 0 aromatic heterocycles. The number of benzene rings is 2. The zero-order valence-corrected chi connectivity index (χ0v) is 12.6. The SMILES string of the molecule is S=C([S-])N(Cc1ccccc1)Cc1ccccc1.[CH3+]. The van der Waals surface area contributed by atoms with Crippen molar-refractivity contribution in [3.63, 3.8) is 0 Å². The molecule has 0 aliphatic carbocycles. The summed E-state index contributed by atoms with van der Waals surface area (Å²) < 4.78 is 0.516. The van der Waals surface area contributed by atoms with Crippen molar-refractivity contribution in [3.8, 4) is 0 Å². The second-order valence-electron chi connectivity index (χ2n) is 4.09. The van der Waals surface area contributed by atoms with E-state index in [4.69, 9.17) is 24.8 Å². The number of rotatable bonds is 4. The summed E-state index contributed by atoms with van der Waals surface area (Å²) in [5.74, 6) is 0. The highest BCUT2D eigenvalue weighted by Crippen LogP contribution is 2.10. The molecule has 2 aromatic rings. The number of nitrogens with zero attached hydrogens (tertiary/aromatic N) is 1. The molecule has 0 unspecified atom stereocenters. The smallest absolute Gasteiger partial charge is 0.0467 e. The lowest BCUT2D eigenvalue weighted by atomic mass is 10.2. The average molecular weight is 287 g/mol. The van der Waals surface area contributed by atoms with Crippen LogP contribution < -0.4 is 0 Å². The topological polar surface area (TPSA) is 3.24 Å². The van der Waals surface area contributed by atoms with E-state index in [1.165, 1.54) is 11.1 Å². The van der Waals surface area contributed by atoms with Gasteiger partial charge in [-0.1, -0.05) is 65.0 Å². The summed E-state index contributed by atoms with van der Waals surface area (Å²) >= 11 is 10.3. The van der Waals surface area contributed by atoms with Crippen molar-refractivity contribution in [3.05, 3.63) is 79.2 Å². The predicted molar refractivity (Wildman–Crippen MR) is 88.5 cm³/mol. The van der Waals surface area contributed by atoms with E-state index in [-0.39, 0.29) is 7.43 Å². The molecule has 0 aliphatic rings. The van der Waals surface area contributed by atoms with Crippen molar-refractivity contribution in [1.29, 1.82) is 0 Å². The Morgan fingerprint density at radius 1 is 0.842 bits per heavy atom. The first kappa shape index (κ1) is 15.5. The Bertz CT molecular complexity index is 455. The zero-order valence-electron chi connectivity index (χ0n) is 11.0. The normalized spacial score (nSPS) is 9.47. The van der Waals surface area contributed by atoms with E-state index >= 15 is 0 Å². The average Bonchev–Trinajstić information content (AvgIpc) is 2.40. The molecule has 0 amide bonds. The summed E-state index contributed by atoms with van der Waals surface area (Å²) in [4.78, 5) is 2.04. The number of hydrogen-bond acceptors (Lipinski definition) is 2. The van der Waals surface area contributed by atoms with Crippen molar-refractivity contribution >= 4 is 29.2 Å². The van der Waals surface area contributed by atoms with Crippen LogP contribution >= 0.6 is 12.2 Å². The van der Waals surface area contributed by atoms with Crippen LogP contribution in [0.4, 0.5) is 0 Å². The van der Waals surface area contributed by atoms with Crippen LogP contribution in [0.2, 0.25) is 0 Å². The van der Waals surface area contributed by atoms with Crippen LogP contribution in [0.15, 0.2) is 60.7 Å². The maximum atomic E-state index is 5.16. The zero-order chi connectivity index (χ0) is 12.8. The van der Waals surface area contributed by atoms with E-state index in [9.17, 15) is 0 Å². The van der Waals surface area contributed by atoms with Crippen LogP contribution in [0.5, 0.6) is 0 Å². The van der Waals surface area contributed by atoms with Crippen LogP contribution in [0.3, 0.4) is 0 Å². The highest BCUT2D eigenvalue weighted by molar-refractivity contribution is 8.00. The molecule has 0 N–H and O–H groups in total. The third kappa shape index (κ3) is 4.89. The standard InChI is InChI=1S/C15H15NS2.CH3/c17-15(18)16(11-13-7-3-1-4-8-13)12-14-9-5-2-6-10-14;/h1-10H,11-12H2,(H,17,18);1H3/q;+1/p-1. The first-order valence-corrected chi connectivity index (χ1v) is 6.61. The molecule has 1 nitrogen and oxygen atoms in total. The highest BCUT2D eigenvalue weighted by atomic mass is 32.1. The van der Waals surface area contributed by atoms with E-state index in [0.29, 0.717) is 4.32 Å². The van der Waals surface area contributed by atoms with Crippen LogP contribution in [-0.2, 0) is 25.7 Å². The van der Waals surface area contributed by atoms with Gasteiger partial charge in [0, 0.05) is 20.5 Å². The van der Waals surface area contributed by atoms with Gasteiger partial charge in [0.05, 0.1) is 0 Å². The Kier molecular flexibility index (Phi) is 6.33. The molecule has 3 heteroatoms. The first-order valence-electron chi connectivity index (χ1n) is 5.79. The molecule has 98 valence electrons. The Morgan fingerprint density at radius 3 is 1.53 bits per heavy atom. The van der Waals surface area contributed by atoms with Crippen molar-refractivity contribution < 1.29 is 0 Å². The van der Waals surface area contributed by atoms with Gasteiger partial charge in [-0.15, -0.1) is 0 Å². The molecule has 2 rings (SSSR count). The maximum absolute atomic E-state index is 5.16. The van der Waals surface area contributed by atoms with Crippen molar-refractivity contribution in [2.75, 3.05) is 0 Å². The molecular formula is C16H17NS2. The molecule has 0 radical (unpaired) electrons. The van der Waals surface area contributed by atoms with Crippen LogP contribution in [-0.4, -0.2) is 9.22 Å². The van der Waals surface area contributed by atoms with Gasteiger partial charge in [0.2, 0.25) is 0 Å². The molecule has 0 saturated heterocycles. The predicted octanol–water partition coefficient (Wildman–Crippen LogP) is 3.97. The molecule has 0 bridgehead atoms. The quantitative estimate of drug-likeness (QED) is 0.476. The highest BCUT2D eigenvalue weighted by Gasteiger charge is 2.03. The third-order valence-electron chi connectivity index (χ3n) is 2.69. The number of thiocarbonyl (C=S) groups is 1. The van der Waals surface area contributed by atoms with Crippen LogP contribution in [0.25, 0.3) is 0 Å². The summed E-state index contributed by atoms with van der Waals surface area (Å²) in [6.07, 6.45) is 0. The van der Waals surface area contributed by atoms with Crippen molar-refractivity contribution in [2.24, 2.45) is 0 Å². The summed E-state index contributed by atoms with van der Waals surface area (Å²) in [6, 6.07) is 20.5. The molecule has 0 atom stereocenters. The van der Waals surface area contributed by atoms with Gasteiger partial charge in [-0.2, -0.15) is 0 Å². The minimum absolute atomic E-state index is 0. The summed E-state index contributed by atoms with van der Waals surface area (Å²) in [5, 5.41) is 0. The van der Waals surface area contributed by atoms with E-state index < -0.39 is 0 Å². The third-order valence-corrected chi connectivity index (χ3v) is 3.21. The summed E-state index contributed by atoms with van der Waals surface area (Å²) in [7, 11) is 0. The fourth-order valence-electron chi connectivity index (χ4n) is 1.79. The molecule has 0 heterocycles. The molecule has 0 fully saturated rings. The van der Waals surface area contributed by atoms with Gasteiger partial charge in [0.15, 0.2) is 0 Å². The van der Waals surface area contributed by atoms with E-state index in [1.54, 1.807) is 0 Å². The molecular weight excluding hydrogens is 270 g/mol. The van der Waals surface area contributed by atoms with E-state index in [2.05, 4.69) is 24.3 Å². The molecule has 0 spiro atoms. The van der Waals surface area contributed by atoms with Gasteiger partial charge in [-0.25, -0.2) is 0 Å². The monoisotopic (exact) mass is 287 g/mol. The number of hydrogen-bond donors (Lipinski definition) is 0. The van der Waals surface area contributed by atoms with Crippen molar-refractivity contribution in [1.82, 2.24) is 4.90 Å². The molecule has 0 saturated carbocycles. The van der Waals surface area contributed by atoms with Gasteiger partial charge < -0.3 is 29.7 Å². The van der Waals surface area contributed by atoms with Gasteiger partial charge >= 0.3 is 0 Å². The Morgan fingerprint density at radius 2 is 1.21 bits per heavy atom. The van der Waals surface area contributed by atoms with Gasteiger partial charge in [0.25, 0.3) is 0 Å². The second kappa shape index (κ2) is 7.77. The molecule has 19 heavy (non-hydrogen) atoms. The molecule has 0 aliphatic heterocycles. The van der Waals surface area contributed by atoms with Crippen molar-refractivity contribution in [2.45, 2.75) is 13.1 Å². The molecule has 2 aromatic carbocycles.